The number of rotatable bonds is 3. The summed E-state index contributed by atoms with van der Waals surface area (Å²) >= 11 is 0. The Labute approximate surface area is 136 Å². The molecule has 0 saturated carbocycles. The fraction of sp³-hybridized carbons (Fsp3) is 0.316. The number of hydrogen-bond acceptors (Lipinski definition) is 3. The lowest BCUT2D eigenvalue weighted by Crippen LogP contribution is -2.33. The molecule has 0 bridgehead atoms. The Hall–Kier alpha value is -2.49. The van der Waals surface area contributed by atoms with Crippen LogP contribution in [0.25, 0.3) is 0 Å². The molecular weight excluding hydrogens is 290 g/mol. The van der Waals surface area contributed by atoms with E-state index in [4.69, 9.17) is 9.47 Å². The van der Waals surface area contributed by atoms with Gasteiger partial charge in [0.15, 0.2) is 0 Å². The highest BCUT2D eigenvalue weighted by Crippen LogP contribution is 2.31. The number of methoxy groups -OCH3 is 1. The van der Waals surface area contributed by atoms with Crippen molar-refractivity contribution in [3.8, 4) is 11.5 Å². The maximum absolute atomic E-state index is 12.6. The molecule has 0 radical (unpaired) electrons. The van der Waals surface area contributed by atoms with Crippen LogP contribution in [0, 0.1) is 19.8 Å². The van der Waals surface area contributed by atoms with Crippen molar-refractivity contribution in [3.63, 3.8) is 0 Å². The van der Waals surface area contributed by atoms with Crippen molar-refractivity contribution in [3.05, 3.63) is 53.1 Å². The van der Waals surface area contributed by atoms with E-state index in [2.05, 4.69) is 5.32 Å². The van der Waals surface area contributed by atoms with Crippen molar-refractivity contribution in [1.82, 2.24) is 0 Å². The van der Waals surface area contributed by atoms with Crippen LogP contribution in [0.15, 0.2) is 36.4 Å². The number of ether oxygens (including phenoxy) is 2. The molecule has 1 aliphatic heterocycles. The first-order valence-electron chi connectivity index (χ1n) is 7.75. The molecule has 1 N–H and O–H groups in total. The van der Waals surface area contributed by atoms with Gasteiger partial charge < -0.3 is 14.8 Å². The molecule has 0 saturated heterocycles. The number of nitrogens with one attached hydrogen (secondary N) is 1. The van der Waals surface area contributed by atoms with E-state index in [-0.39, 0.29) is 11.8 Å². The summed E-state index contributed by atoms with van der Waals surface area (Å²) in [6.07, 6.45) is 0.656. The number of aryl methyl sites for hydroxylation is 2. The first-order valence-corrected chi connectivity index (χ1v) is 7.75. The molecule has 4 heteroatoms. The predicted octanol–water partition coefficient (Wildman–Crippen LogP) is 3.50. The van der Waals surface area contributed by atoms with E-state index in [9.17, 15) is 4.79 Å². The number of benzene rings is 2. The van der Waals surface area contributed by atoms with Crippen molar-refractivity contribution in [1.29, 1.82) is 0 Å². The normalized spacial score (nSPS) is 16.2. The van der Waals surface area contributed by atoms with Crippen LogP contribution in [-0.4, -0.2) is 19.6 Å². The zero-order valence-electron chi connectivity index (χ0n) is 13.7. The maximum Gasteiger partial charge on any atom is 0.231 e. The summed E-state index contributed by atoms with van der Waals surface area (Å²) in [5, 5.41) is 3.06. The topological polar surface area (TPSA) is 47.6 Å². The Balaban J connectivity index is 1.76. The lowest BCUT2D eigenvalue weighted by Gasteiger charge is -2.25. The molecule has 0 fully saturated rings. The first-order chi connectivity index (χ1) is 11.1. The van der Waals surface area contributed by atoms with Gasteiger partial charge >= 0.3 is 0 Å². The van der Waals surface area contributed by atoms with Gasteiger partial charge in [0.25, 0.3) is 0 Å². The largest absolute Gasteiger partial charge is 0.497 e. The number of anilines is 1. The minimum Gasteiger partial charge on any atom is -0.497 e. The average molecular weight is 311 g/mol. The molecule has 0 aromatic heterocycles. The van der Waals surface area contributed by atoms with Gasteiger partial charge in [-0.05, 0) is 55.2 Å². The van der Waals surface area contributed by atoms with Crippen molar-refractivity contribution in [2.24, 2.45) is 5.92 Å². The lowest BCUT2D eigenvalue weighted by molar-refractivity contribution is -0.121. The van der Waals surface area contributed by atoms with Gasteiger partial charge in [-0.3, -0.25) is 4.79 Å². The van der Waals surface area contributed by atoms with E-state index in [1.54, 1.807) is 7.11 Å². The zero-order valence-corrected chi connectivity index (χ0v) is 13.7. The van der Waals surface area contributed by atoms with Gasteiger partial charge in [-0.2, -0.15) is 0 Å². The Morgan fingerprint density at radius 2 is 1.96 bits per heavy atom. The third kappa shape index (κ3) is 3.16. The quantitative estimate of drug-likeness (QED) is 0.943. The smallest absolute Gasteiger partial charge is 0.231 e. The number of amides is 1. The molecule has 1 heterocycles. The highest BCUT2D eigenvalue weighted by atomic mass is 16.5. The van der Waals surface area contributed by atoms with Gasteiger partial charge in [-0.1, -0.05) is 18.2 Å². The Bertz CT molecular complexity index is 719. The second-order valence-electron chi connectivity index (χ2n) is 5.94. The summed E-state index contributed by atoms with van der Waals surface area (Å²) in [5.41, 5.74) is 4.04. The fourth-order valence-corrected chi connectivity index (χ4v) is 2.90. The number of carbonyl (C=O) groups is 1. The van der Waals surface area contributed by atoms with E-state index in [1.807, 2.05) is 50.2 Å². The third-order valence-electron chi connectivity index (χ3n) is 4.27. The molecule has 0 spiro atoms. The van der Waals surface area contributed by atoms with E-state index >= 15 is 0 Å². The van der Waals surface area contributed by atoms with Gasteiger partial charge in [0.2, 0.25) is 5.91 Å². The molecule has 2 aromatic rings. The van der Waals surface area contributed by atoms with Gasteiger partial charge in [0, 0.05) is 5.69 Å². The monoisotopic (exact) mass is 311 g/mol. The molecule has 3 rings (SSSR count). The summed E-state index contributed by atoms with van der Waals surface area (Å²) in [7, 11) is 1.64. The van der Waals surface area contributed by atoms with Crippen LogP contribution in [0.1, 0.15) is 16.7 Å². The van der Waals surface area contributed by atoms with Gasteiger partial charge in [0.1, 0.15) is 18.1 Å². The summed E-state index contributed by atoms with van der Waals surface area (Å²) < 4.78 is 11.0. The van der Waals surface area contributed by atoms with E-state index in [0.29, 0.717) is 13.0 Å². The fourth-order valence-electron chi connectivity index (χ4n) is 2.90. The molecule has 2 aromatic carbocycles. The molecule has 0 unspecified atom stereocenters. The predicted molar refractivity (Wildman–Crippen MR) is 90.2 cm³/mol. The van der Waals surface area contributed by atoms with Gasteiger partial charge in [-0.25, -0.2) is 0 Å². The first kappa shape index (κ1) is 15.4. The molecule has 4 nitrogen and oxygen atoms in total. The van der Waals surface area contributed by atoms with Crippen LogP contribution < -0.4 is 14.8 Å². The molecular formula is C19H21NO3. The lowest BCUT2D eigenvalue weighted by atomic mass is 9.95. The third-order valence-corrected chi connectivity index (χ3v) is 4.27. The molecule has 23 heavy (non-hydrogen) atoms. The average Bonchev–Trinajstić information content (AvgIpc) is 2.57. The van der Waals surface area contributed by atoms with Gasteiger partial charge in [0.05, 0.1) is 13.0 Å². The van der Waals surface area contributed by atoms with Crippen molar-refractivity contribution in [2.75, 3.05) is 19.0 Å². The summed E-state index contributed by atoms with van der Waals surface area (Å²) in [5.74, 6) is 1.41. The van der Waals surface area contributed by atoms with E-state index < -0.39 is 0 Å². The van der Waals surface area contributed by atoms with Crippen molar-refractivity contribution < 1.29 is 14.3 Å². The molecule has 120 valence electrons. The van der Waals surface area contributed by atoms with E-state index in [1.165, 1.54) is 0 Å². The van der Waals surface area contributed by atoms with Crippen LogP contribution in [0.3, 0.4) is 0 Å². The second-order valence-corrected chi connectivity index (χ2v) is 5.94. The molecule has 0 aliphatic carbocycles. The maximum atomic E-state index is 12.6. The SMILES string of the molecule is COc1ccc2c(c1)C[C@@H](C(=O)Nc1c(C)cccc1C)CO2. The summed E-state index contributed by atoms with van der Waals surface area (Å²) in [6, 6.07) is 11.7. The minimum atomic E-state index is -0.200. The van der Waals surface area contributed by atoms with Crippen LogP contribution >= 0.6 is 0 Å². The van der Waals surface area contributed by atoms with Gasteiger partial charge in [-0.15, -0.1) is 0 Å². The highest BCUT2D eigenvalue weighted by Gasteiger charge is 2.27. The van der Waals surface area contributed by atoms with Crippen LogP contribution in [0.2, 0.25) is 0 Å². The molecule has 1 atom stereocenters. The number of hydrogen-bond donors (Lipinski definition) is 1. The Morgan fingerprint density at radius 1 is 1.22 bits per heavy atom. The standard InChI is InChI=1S/C19H21NO3/c1-12-5-4-6-13(2)18(12)20-19(21)15-9-14-10-16(22-3)7-8-17(14)23-11-15/h4-8,10,15H,9,11H2,1-3H3,(H,20,21)/t15-/m1/s1. The van der Waals surface area contributed by atoms with Crippen molar-refractivity contribution in [2.45, 2.75) is 20.3 Å². The summed E-state index contributed by atoms with van der Waals surface area (Å²) in [6.45, 7) is 4.40. The van der Waals surface area contributed by atoms with Crippen molar-refractivity contribution >= 4 is 11.6 Å². The highest BCUT2D eigenvalue weighted by molar-refractivity contribution is 5.94. The van der Waals surface area contributed by atoms with Crippen LogP contribution in [0.5, 0.6) is 11.5 Å². The Kier molecular flexibility index (Phi) is 4.24. The van der Waals surface area contributed by atoms with Crippen LogP contribution in [0.4, 0.5) is 5.69 Å². The molecule has 1 aliphatic rings. The second kappa shape index (κ2) is 6.32. The van der Waals surface area contributed by atoms with E-state index in [0.717, 1.165) is 33.9 Å². The number of fused-ring (bicyclic) bond motifs is 1. The zero-order chi connectivity index (χ0) is 16.4. The number of para-hydroxylation sites is 1. The van der Waals surface area contributed by atoms with Crippen LogP contribution in [-0.2, 0) is 11.2 Å². The summed E-state index contributed by atoms with van der Waals surface area (Å²) in [4.78, 5) is 12.6. The Morgan fingerprint density at radius 3 is 2.65 bits per heavy atom. The minimum absolute atomic E-state index is 0.00382. The number of carbonyl (C=O) groups excluding carboxylic acids is 1. The molecule has 1 amide bonds.